The minimum atomic E-state index is -0.0589. The molecule has 0 aliphatic heterocycles. The molecule has 0 unspecified atom stereocenters. The van der Waals surface area contributed by atoms with Gasteiger partial charge in [-0.05, 0) is 43.9 Å². The molecular weight excluding hydrogens is 316 g/mol. The molecular formula is C19H26N4O2. The Morgan fingerprint density at radius 2 is 2.08 bits per heavy atom. The third-order valence-electron chi connectivity index (χ3n) is 3.61. The lowest BCUT2D eigenvalue weighted by Gasteiger charge is -2.09. The lowest BCUT2D eigenvalue weighted by Crippen LogP contribution is -2.37. The van der Waals surface area contributed by atoms with Gasteiger partial charge < -0.3 is 20.7 Å². The number of rotatable bonds is 9. The number of ether oxygens (including phenoxy) is 1. The summed E-state index contributed by atoms with van der Waals surface area (Å²) in [6.07, 6.45) is 8.22. The number of guanidine groups is 1. The summed E-state index contributed by atoms with van der Waals surface area (Å²) in [5, 5.41) is 9.10. The lowest BCUT2D eigenvalue weighted by atomic mass is 10.1. The first-order valence-corrected chi connectivity index (χ1v) is 8.68. The van der Waals surface area contributed by atoms with Crippen molar-refractivity contribution in [2.75, 3.05) is 26.2 Å². The zero-order valence-electron chi connectivity index (χ0n) is 14.7. The fourth-order valence-electron chi connectivity index (χ4n) is 2.17. The summed E-state index contributed by atoms with van der Waals surface area (Å²) in [4.78, 5) is 16.1. The molecule has 1 aliphatic rings. The van der Waals surface area contributed by atoms with E-state index in [0.29, 0.717) is 24.9 Å². The number of terminal acetylenes is 1. The zero-order valence-corrected chi connectivity index (χ0v) is 14.7. The van der Waals surface area contributed by atoms with E-state index >= 15 is 0 Å². The van der Waals surface area contributed by atoms with E-state index in [-0.39, 0.29) is 12.5 Å². The number of nitrogens with zero attached hydrogens (tertiary/aromatic N) is 1. The van der Waals surface area contributed by atoms with Gasteiger partial charge in [0.05, 0.1) is 6.54 Å². The van der Waals surface area contributed by atoms with Crippen LogP contribution in [0.3, 0.4) is 0 Å². The smallest absolute Gasteiger partial charge is 0.258 e. The molecule has 1 aromatic rings. The fourth-order valence-corrected chi connectivity index (χ4v) is 2.17. The van der Waals surface area contributed by atoms with Crippen LogP contribution in [-0.4, -0.2) is 44.1 Å². The van der Waals surface area contributed by atoms with Gasteiger partial charge in [-0.3, -0.25) is 9.79 Å². The predicted molar refractivity (Wildman–Crippen MR) is 99.6 cm³/mol. The van der Waals surface area contributed by atoms with Gasteiger partial charge in [-0.25, -0.2) is 0 Å². The molecule has 0 bridgehead atoms. The standard InChI is InChI=1S/C19H26N4O2/c1-3-12-21-19(20-4-2)22-13-11-15-5-9-17(10-6-15)25-14-18(24)23-16-7-8-16/h1,5-6,9-10,16H,4,7-8,11-14H2,2H3,(H,23,24)(H2,20,21,22). The van der Waals surface area contributed by atoms with E-state index in [2.05, 4.69) is 26.9 Å². The van der Waals surface area contributed by atoms with Crippen LogP contribution in [0.1, 0.15) is 25.3 Å². The van der Waals surface area contributed by atoms with E-state index in [9.17, 15) is 4.79 Å². The molecule has 0 saturated heterocycles. The second kappa shape index (κ2) is 10.2. The van der Waals surface area contributed by atoms with E-state index in [0.717, 1.165) is 37.3 Å². The maximum absolute atomic E-state index is 11.6. The van der Waals surface area contributed by atoms with Crippen LogP contribution in [0.2, 0.25) is 0 Å². The summed E-state index contributed by atoms with van der Waals surface area (Å²) in [7, 11) is 0. The maximum atomic E-state index is 11.6. The van der Waals surface area contributed by atoms with Gasteiger partial charge >= 0.3 is 0 Å². The van der Waals surface area contributed by atoms with Crippen molar-refractivity contribution in [1.29, 1.82) is 0 Å². The molecule has 6 nitrogen and oxygen atoms in total. The number of aliphatic imine (C=N–C) groups is 1. The quantitative estimate of drug-likeness (QED) is 0.357. The van der Waals surface area contributed by atoms with Crippen LogP contribution in [-0.2, 0) is 11.2 Å². The number of hydrogen-bond donors (Lipinski definition) is 3. The molecule has 1 saturated carbocycles. The maximum Gasteiger partial charge on any atom is 0.258 e. The highest BCUT2D eigenvalue weighted by Gasteiger charge is 2.23. The summed E-state index contributed by atoms with van der Waals surface area (Å²) in [6.45, 7) is 3.97. The summed E-state index contributed by atoms with van der Waals surface area (Å²) in [5.74, 6) is 3.89. The Kier molecular flexibility index (Phi) is 7.64. The van der Waals surface area contributed by atoms with Crippen LogP contribution in [0.4, 0.5) is 0 Å². The van der Waals surface area contributed by atoms with Gasteiger partial charge in [0, 0.05) is 19.1 Å². The van der Waals surface area contributed by atoms with Crippen molar-refractivity contribution in [3.05, 3.63) is 29.8 Å². The molecule has 3 N–H and O–H groups in total. The second-order valence-electron chi connectivity index (χ2n) is 5.84. The average Bonchev–Trinajstić information content (AvgIpc) is 3.43. The van der Waals surface area contributed by atoms with Crippen molar-refractivity contribution < 1.29 is 9.53 Å². The SMILES string of the molecule is C#CCNC(=NCCc1ccc(OCC(=O)NC2CC2)cc1)NCC. The fraction of sp³-hybridized carbons (Fsp3) is 0.474. The van der Waals surface area contributed by atoms with Crippen molar-refractivity contribution in [3.63, 3.8) is 0 Å². The predicted octanol–water partition coefficient (Wildman–Crippen LogP) is 1.07. The molecule has 1 aromatic carbocycles. The first kappa shape index (κ1) is 18.7. The molecule has 6 heteroatoms. The Morgan fingerprint density at radius 3 is 2.72 bits per heavy atom. The highest BCUT2D eigenvalue weighted by atomic mass is 16.5. The number of nitrogens with one attached hydrogen (secondary N) is 3. The van der Waals surface area contributed by atoms with Gasteiger partial charge in [0.25, 0.3) is 5.91 Å². The second-order valence-corrected chi connectivity index (χ2v) is 5.84. The van der Waals surface area contributed by atoms with Crippen molar-refractivity contribution >= 4 is 11.9 Å². The molecule has 0 radical (unpaired) electrons. The summed E-state index contributed by atoms with van der Waals surface area (Å²) < 4.78 is 5.49. The van der Waals surface area contributed by atoms with Gasteiger partial charge in [-0.2, -0.15) is 0 Å². The van der Waals surface area contributed by atoms with Crippen LogP contribution < -0.4 is 20.7 Å². The molecule has 0 spiro atoms. The van der Waals surface area contributed by atoms with Gasteiger partial charge in [0.1, 0.15) is 5.75 Å². The molecule has 0 aromatic heterocycles. The Balaban J connectivity index is 1.73. The normalized spacial score (nSPS) is 13.7. The molecule has 1 fully saturated rings. The minimum absolute atomic E-state index is 0.0589. The van der Waals surface area contributed by atoms with Crippen molar-refractivity contribution in [2.24, 2.45) is 4.99 Å². The Labute approximate surface area is 149 Å². The third kappa shape index (κ3) is 7.62. The molecule has 0 atom stereocenters. The van der Waals surface area contributed by atoms with Crippen LogP contribution >= 0.6 is 0 Å². The largest absolute Gasteiger partial charge is 0.484 e. The number of benzene rings is 1. The molecule has 1 amide bonds. The van der Waals surface area contributed by atoms with Crippen LogP contribution in [0, 0.1) is 12.3 Å². The van der Waals surface area contributed by atoms with Crippen LogP contribution in [0.25, 0.3) is 0 Å². The number of hydrogen-bond acceptors (Lipinski definition) is 3. The van der Waals surface area contributed by atoms with E-state index in [4.69, 9.17) is 11.2 Å². The Morgan fingerprint density at radius 1 is 1.32 bits per heavy atom. The molecule has 0 heterocycles. The molecule has 134 valence electrons. The van der Waals surface area contributed by atoms with Crippen molar-refractivity contribution in [1.82, 2.24) is 16.0 Å². The monoisotopic (exact) mass is 342 g/mol. The number of carbonyl (C=O) groups excluding carboxylic acids is 1. The van der Waals surface area contributed by atoms with E-state index in [1.54, 1.807) is 0 Å². The molecule has 1 aliphatic carbocycles. The van der Waals surface area contributed by atoms with Gasteiger partial charge in [0.15, 0.2) is 12.6 Å². The number of amides is 1. The van der Waals surface area contributed by atoms with E-state index in [1.165, 1.54) is 0 Å². The van der Waals surface area contributed by atoms with Crippen molar-refractivity contribution in [2.45, 2.75) is 32.2 Å². The van der Waals surface area contributed by atoms with E-state index in [1.807, 2.05) is 31.2 Å². The van der Waals surface area contributed by atoms with Crippen molar-refractivity contribution in [3.8, 4) is 18.1 Å². The van der Waals surface area contributed by atoms with Gasteiger partial charge in [-0.15, -0.1) is 6.42 Å². The first-order valence-electron chi connectivity index (χ1n) is 8.68. The first-order chi connectivity index (χ1) is 12.2. The summed E-state index contributed by atoms with van der Waals surface area (Å²) in [6, 6.07) is 8.11. The highest BCUT2D eigenvalue weighted by Crippen LogP contribution is 2.18. The zero-order chi connectivity index (χ0) is 17.9. The Bertz CT molecular complexity index is 615. The molecule has 25 heavy (non-hydrogen) atoms. The Hall–Kier alpha value is -2.68. The molecule has 2 rings (SSSR count). The summed E-state index contributed by atoms with van der Waals surface area (Å²) >= 11 is 0. The van der Waals surface area contributed by atoms with Crippen LogP contribution in [0.15, 0.2) is 29.3 Å². The van der Waals surface area contributed by atoms with Gasteiger partial charge in [0.2, 0.25) is 0 Å². The average molecular weight is 342 g/mol. The van der Waals surface area contributed by atoms with Crippen LogP contribution in [0.5, 0.6) is 5.75 Å². The highest BCUT2D eigenvalue weighted by molar-refractivity contribution is 5.80. The van der Waals surface area contributed by atoms with E-state index < -0.39 is 0 Å². The van der Waals surface area contributed by atoms with Gasteiger partial charge in [-0.1, -0.05) is 18.1 Å². The summed E-state index contributed by atoms with van der Waals surface area (Å²) in [5.41, 5.74) is 1.16. The third-order valence-corrected chi connectivity index (χ3v) is 3.61. The topological polar surface area (TPSA) is 74.8 Å². The minimum Gasteiger partial charge on any atom is -0.484 e. The lowest BCUT2D eigenvalue weighted by molar-refractivity contribution is -0.123. The number of carbonyl (C=O) groups is 1.